The van der Waals surface area contributed by atoms with E-state index < -0.39 is 0 Å². The molecule has 0 bridgehead atoms. The fourth-order valence-corrected chi connectivity index (χ4v) is 4.15. The van der Waals surface area contributed by atoms with E-state index in [1.807, 2.05) is 0 Å². The van der Waals surface area contributed by atoms with Crippen molar-refractivity contribution in [2.24, 2.45) is 0 Å². The normalized spacial score (nSPS) is 14.8. The first-order chi connectivity index (χ1) is 7.10. The summed E-state index contributed by atoms with van der Waals surface area (Å²) < 4.78 is 2.80. The Balaban J connectivity index is 4.82. The maximum absolute atomic E-state index is 6.21. The van der Waals surface area contributed by atoms with Gasteiger partial charge in [0.15, 0.2) is 0 Å². The van der Waals surface area contributed by atoms with Crippen molar-refractivity contribution in [2.45, 2.75) is 53.4 Å². The summed E-state index contributed by atoms with van der Waals surface area (Å²) in [5.74, 6) is 0. The Bertz CT molecular complexity index is 228. The molecular weight excluding hydrogens is 294 g/mol. The SMILES string of the molecule is CC/C(Cl)=C(/CC)[Se]/C(CC)=C(/Cl)CC. The molecule has 15 heavy (non-hydrogen) atoms. The van der Waals surface area contributed by atoms with Gasteiger partial charge in [-0.05, 0) is 0 Å². The summed E-state index contributed by atoms with van der Waals surface area (Å²) in [4.78, 5) is 0. The molecule has 0 saturated heterocycles. The fraction of sp³-hybridized carbons (Fsp3) is 0.667. The molecule has 0 nitrogen and oxygen atoms in total. The van der Waals surface area contributed by atoms with Crippen molar-refractivity contribution in [2.75, 3.05) is 0 Å². The molecule has 3 heteroatoms. The number of hydrogen-bond donors (Lipinski definition) is 0. The van der Waals surface area contributed by atoms with E-state index in [4.69, 9.17) is 23.2 Å². The first-order valence-corrected chi connectivity index (χ1v) is 8.00. The zero-order valence-corrected chi connectivity index (χ0v) is 13.2. The van der Waals surface area contributed by atoms with Crippen LogP contribution < -0.4 is 0 Å². The van der Waals surface area contributed by atoms with Gasteiger partial charge in [0.25, 0.3) is 0 Å². The molecule has 0 aromatic rings. The van der Waals surface area contributed by atoms with Crippen LogP contribution in [0.2, 0.25) is 0 Å². The van der Waals surface area contributed by atoms with Crippen LogP contribution in [0.1, 0.15) is 53.4 Å². The Labute approximate surface area is 110 Å². The molecule has 0 aliphatic rings. The van der Waals surface area contributed by atoms with Crippen LogP contribution >= 0.6 is 23.2 Å². The summed E-state index contributed by atoms with van der Waals surface area (Å²) >= 11 is 12.8. The van der Waals surface area contributed by atoms with Crippen molar-refractivity contribution in [3.05, 3.63) is 19.0 Å². The Morgan fingerprint density at radius 2 is 1.07 bits per heavy atom. The van der Waals surface area contributed by atoms with Crippen molar-refractivity contribution in [1.29, 1.82) is 0 Å². The van der Waals surface area contributed by atoms with Crippen LogP contribution in [0.3, 0.4) is 0 Å². The van der Waals surface area contributed by atoms with E-state index in [9.17, 15) is 0 Å². The summed E-state index contributed by atoms with van der Waals surface area (Å²) in [6, 6.07) is 0. The van der Waals surface area contributed by atoms with E-state index >= 15 is 0 Å². The minimum atomic E-state index is 0.351. The van der Waals surface area contributed by atoms with Gasteiger partial charge >= 0.3 is 111 Å². The van der Waals surface area contributed by atoms with Gasteiger partial charge in [-0.3, -0.25) is 0 Å². The molecule has 0 fully saturated rings. The molecule has 0 rings (SSSR count). The van der Waals surface area contributed by atoms with E-state index in [1.54, 1.807) is 0 Å². The average molecular weight is 314 g/mol. The van der Waals surface area contributed by atoms with Gasteiger partial charge in [0, 0.05) is 0 Å². The van der Waals surface area contributed by atoms with Gasteiger partial charge in [0.1, 0.15) is 0 Å². The molecule has 0 atom stereocenters. The van der Waals surface area contributed by atoms with Gasteiger partial charge in [0.2, 0.25) is 0 Å². The van der Waals surface area contributed by atoms with Crippen molar-refractivity contribution in [3.63, 3.8) is 0 Å². The Kier molecular flexibility index (Phi) is 9.04. The number of rotatable bonds is 6. The van der Waals surface area contributed by atoms with Gasteiger partial charge in [0.05, 0.1) is 0 Å². The van der Waals surface area contributed by atoms with Crippen molar-refractivity contribution >= 4 is 38.2 Å². The molecular formula is C12H20Cl2Se. The molecule has 0 aliphatic heterocycles. The van der Waals surface area contributed by atoms with E-state index in [-0.39, 0.29) is 0 Å². The Morgan fingerprint density at radius 3 is 1.27 bits per heavy atom. The molecule has 0 saturated carbocycles. The van der Waals surface area contributed by atoms with Crippen LogP contribution in [0.15, 0.2) is 19.0 Å². The molecule has 0 aromatic carbocycles. The maximum atomic E-state index is 6.21. The third kappa shape index (κ3) is 5.45. The molecule has 0 radical (unpaired) electrons. The number of hydrogen-bond acceptors (Lipinski definition) is 0. The predicted molar refractivity (Wildman–Crippen MR) is 72.7 cm³/mol. The summed E-state index contributed by atoms with van der Waals surface area (Å²) in [5.41, 5.74) is 0. The predicted octanol–water partition coefficient (Wildman–Crippen LogP) is 5.23. The number of halogens is 2. The van der Waals surface area contributed by atoms with Gasteiger partial charge in [-0.1, -0.05) is 0 Å². The topological polar surface area (TPSA) is 0 Å². The molecule has 0 spiro atoms. The third-order valence-corrected chi connectivity index (χ3v) is 6.89. The van der Waals surface area contributed by atoms with Crippen LogP contribution in [0.5, 0.6) is 0 Å². The molecule has 0 unspecified atom stereocenters. The minimum absolute atomic E-state index is 0.351. The first kappa shape index (κ1) is 15.6. The van der Waals surface area contributed by atoms with Crippen LogP contribution in [0, 0.1) is 0 Å². The fourth-order valence-electron chi connectivity index (χ4n) is 1.18. The standard InChI is InChI=1S/C12H20Cl2Se/c1-5-9(13)11(7-3)15-12(8-4)10(14)6-2/h5-8H2,1-4H3/b11-9+,12-10+. The molecule has 0 heterocycles. The molecule has 0 aromatic heterocycles. The van der Waals surface area contributed by atoms with Crippen LogP contribution in [0.25, 0.3) is 0 Å². The zero-order chi connectivity index (χ0) is 11.8. The van der Waals surface area contributed by atoms with Crippen molar-refractivity contribution in [1.82, 2.24) is 0 Å². The zero-order valence-electron chi connectivity index (χ0n) is 9.99. The average Bonchev–Trinajstić information content (AvgIpc) is 2.28. The summed E-state index contributed by atoms with van der Waals surface area (Å²) in [6.07, 6.45) is 3.97. The van der Waals surface area contributed by atoms with Gasteiger partial charge in [-0.2, -0.15) is 0 Å². The quantitative estimate of drug-likeness (QED) is 0.589. The van der Waals surface area contributed by atoms with Crippen molar-refractivity contribution in [3.8, 4) is 0 Å². The Morgan fingerprint density at radius 1 is 0.733 bits per heavy atom. The van der Waals surface area contributed by atoms with Gasteiger partial charge in [-0.15, -0.1) is 0 Å². The molecule has 0 N–H and O–H groups in total. The first-order valence-electron chi connectivity index (χ1n) is 5.53. The monoisotopic (exact) mass is 314 g/mol. The summed E-state index contributed by atoms with van der Waals surface area (Å²) in [7, 11) is 0. The van der Waals surface area contributed by atoms with Gasteiger partial charge in [-0.25, -0.2) is 0 Å². The van der Waals surface area contributed by atoms with Crippen LogP contribution in [0.4, 0.5) is 0 Å². The molecule has 0 amide bonds. The Hall–Kier alpha value is 0.579. The van der Waals surface area contributed by atoms with E-state index in [0.717, 1.165) is 35.7 Å². The van der Waals surface area contributed by atoms with Gasteiger partial charge < -0.3 is 0 Å². The van der Waals surface area contributed by atoms with Crippen molar-refractivity contribution < 1.29 is 0 Å². The second-order valence-electron chi connectivity index (χ2n) is 3.17. The van der Waals surface area contributed by atoms with Crippen LogP contribution in [-0.2, 0) is 0 Å². The van der Waals surface area contributed by atoms with E-state index in [0.29, 0.717) is 15.0 Å². The van der Waals surface area contributed by atoms with Crippen LogP contribution in [-0.4, -0.2) is 15.0 Å². The summed E-state index contributed by atoms with van der Waals surface area (Å²) in [5, 5.41) is 2.06. The summed E-state index contributed by atoms with van der Waals surface area (Å²) in [6.45, 7) is 8.54. The van der Waals surface area contributed by atoms with E-state index in [2.05, 4.69) is 27.7 Å². The third-order valence-electron chi connectivity index (χ3n) is 2.11. The number of allylic oxidation sites excluding steroid dienone is 4. The molecule has 88 valence electrons. The van der Waals surface area contributed by atoms with E-state index in [1.165, 1.54) is 8.94 Å². The second kappa shape index (κ2) is 8.70. The second-order valence-corrected chi connectivity index (χ2v) is 6.58. The molecule has 0 aliphatic carbocycles.